The molecule has 3 rings (SSSR count). The smallest absolute Gasteiger partial charge is 0.224 e. The van der Waals surface area contributed by atoms with Crippen LogP contribution in [-0.2, 0) is 17.8 Å². The number of unbranched alkanes of at least 4 members (excludes halogenated alkanes) is 6. The van der Waals surface area contributed by atoms with Gasteiger partial charge in [-0.3, -0.25) is 4.79 Å². The highest BCUT2D eigenvalue weighted by atomic mass is 35.5. The summed E-state index contributed by atoms with van der Waals surface area (Å²) in [6, 6.07) is 15.5. The number of hydrogen-bond acceptors (Lipinski definition) is 2. The van der Waals surface area contributed by atoms with Gasteiger partial charge >= 0.3 is 0 Å². The van der Waals surface area contributed by atoms with Crippen molar-refractivity contribution < 1.29 is 4.79 Å². The number of nitrogens with zero attached hydrogens (tertiary/aromatic N) is 2. The molecule has 0 saturated heterocycles. The number of rotatable bonds is 12. The Kier molecular flexibility index (Phi) is 8.96. The predicted octanol–water partition coefficient (Wildman–Crippen LogP) is 6.86. The number of carbonyl (C=O) groups is 1. The number of fused-ring (bicyclic) bond motifs is 1. The zero-order chi connectivity index (χ0) is 22.1. The van der Waals surface area contributed by atoms with Gasteiger partial charge in [0.1, 0.15) is 5.82 Å². The van der Waals surface area contributed by atoms with Crippen LogP contribution < -0.4 is 5.32 Å². The Hall–Kier alpha value is -2.33. The zero-order valence-corrected chi connectivity index (χ0v) is 19.5. The highest BCUT2D eigenvalue weighted by Gasteiger charge is 2.18. The molecule has 1 atom stereocenters. The Morgan fingerprint density at radius 2 is 1.68 bits per heavy atom. The molecule has 0 spiro atoms. The maximum absolute atomic E-state index is 12.6. The predicted molar refractivity (Wildman–Crippen MR) is 129 cm³/mol. The second kappa shape index (κ2) is 11.9. The van der Waals surface area contributed by atoms with E-state index in [0.29, 0.717) is 11.4 Å². The van der Waals surface area contributed by atoms with Crippen LogP contribution in [0.4, 0.5) is 0 Å². The summed E-state index contributed by atoms with van der Waals surface area (Å²) >= 11 is 5.94. The number of aryl methyl sites for hydroxylation is 1. The molecule has 1 unspecified atom stereocenters. The Bertz CT molecular complexity index is 964. The first-order valence-corrected chi connectivity index (χ1v) is 11.9. The van der Waals surface area contributed by atoms with Crippen molar-refractivity contribution in [3.63, 3.8) is 0 Å². The van der Waals surface area contributed by atoms with Crippen LogP contribution in [0.3, 0.4) is 0 Å². The molecule has 0 fully saturated rings. The quantitative estimate of drug-likeness (QED) is 0.313. The lowest BCUT2D eigenvalue weighted by molar-refractivity contribution is -0.121. The Morgan fingerprint density at radius 1 is 1.00 bits per heavy atom. The number of aromatic nitrogens is 2. The molecule has 1 N–H and O–H groups in total. The van der Waals surface area contributed by atoms with E-state index in [2.05, 4.69) is 28.9 Å². The van der Waals surface area contributed by atoms with Gasteiger partial charge in [0, 0.05) is 11.6 Å². The first kappa shape index (κ1) is 23.3. The van der Waals surface area contributed by atoms with Crippen LogP contribution in [0.25, 0.3) is 11.0 Å². The fourth-order valence-corrected chi connectivity index (χ4v) is 4.16. The summed E-state index contributed by atoms with van der Waals surface area (Å²) < 4.78 is 2.29. The van der Waals surface area contributed by atoms with E-state index in [1.165, 1.54) is 38.5 Å². The largest absolute Gasteiger partial charge is 0.346 e. The summed E-state index contributed by atoms with van der Waals surface area (Å²) in [7, 11) is 0. The van der Waals surface area contributed by atoms with Gasteiger partial charge in [0.2, 0.25) is 5.91 Å². The van der Waals surface area contributed by atoms with Gasteiger partial charge in [-0.1, -0.05) is 81.3 Å². The van der Waals surface area contributed by atoms with E-state index in [1.807, 2.05) is 43.3 Å². The Morgan fingerprint density at radius 3 is 2.42 bits per heavy atom. The molecule has 31 heavy (non-hydrogen) atoms. The molecule has 5 heteroatoms. The maximum atomic E-state index is 12.6. The lowest BCUT2D eigenvalue weighted by atomic mass is 10.1. The van der Waals surface area contributed by atoms with Gasteiger partial charge in [-0.2, -0.15) is 0 Å². The first-order chi connectivity index (χ1) is 15.1. The van der Waals surface area contributed by atoms with Crippen molar-refractivity contribution in [2.45, 2.75) is 77.8 Å². The van der Waals surface area contributed by atoms with Crippen molar-refractivity contribution in [1.29, 1.82) is 0 Å². The van der Waals surface area contributed by atoms with Crippen molar-refractivity contribution in [2.75, 3.05) is 0 Å². The second-order valence-corrected chi connectivity index (χ2v) is 8.76. The molecular weight excluding hydrogens is 406 g/mol. The molecule has 0 saturated carbocycles. The van der Waals surface area contributed by atoms with Gasteiger partial charge in [-0.25, -0.2) is 4.98 Å². The highest BCUT2D eigenvalue weighted by Crippen LogP contribution is 2.22. The average Bonchev–Trinajstić information content (AvgIpc) is 3.13. The molecule has 4 nitrogen and oxygen atoms in total. The lowest BCUT2D eigenvalue weighted by Crippen LogP contribution is -2.30. The zero-order valence-electron chi connectivity index (χ0n) is 18.7. The van der Waals surface area contributed by atoms with E-state index in [9.17, 15) is 4.79 Å². The molecule has 0 aliphatic heterocycles. The molecule has 1 aromatic heterocycles. The third-order valence-corrected chi connectivity index (χ3v) is 5.96. The number of nitrogens with one attached hydrogen (secondary N) is 1. The number of halogens is 1. The van der Waals surface area contributed by atoms with Crippen molar-refractivity contribution in [3.05, 3.63) is 64.9 Å². The number of carbonyl (C=O) groups excluding carboxylic acids is 1. The summed E-state index contributed by atoms with van der Waals surface area (Å²) in [6.45, 7) is 5.20. The summed E-state index contributed by atoms with van der Waals surface area (Å²) in [6.07, 6.45) is 9.26. The molecule has 3 aromatic rings. The van der Waals surface area contributed by atoms with E-state index < -0.39 is 0 Å². The van der Waals surface area contributed by atoms with Gasteiger partial charge in [-0.05, 0) is 43.2 Å². The van der Waals surface area contributed by atoms with E-state index in [4.69, 9.17) is 16.6 Å². The van der Waals surface area contributed by atoms with E-state index in [0.717, 1.165) is 35.4 Å². The van der Waals surface area contributed by atoms with Gasteiger partial charge < -0.3 is 9.88 Å². The minimum absolute atomic E-state index is 0.00986. The molecule has 1 heterocycles. The fraction of sp³-hybridized carbons (Fsp3) is 0.462. The van der Waals surface area contributed by atoms with Crippen molar-refractivity contribution in [3.8, 4) is 0 Å². The third kappa shape index (κ3) is 6.83. The normalized spacial score (nSPS) is 12.2. The van der Waals surface area contributed by atoms with Crippen LogP contribution >= 0.6 is 11.6 Å². The molecule has 166 valence electrons. The fourth-order valence-electron chi connectivity index (χ4n) is 4.03. The number of hydrogen-bond donors (Lipinski definition) is 1. The second-order valence-electron chi connectivity index (χ2n) is 8.32. The minimum Gasteiger partial charge on any atom is -0.346 e. The van der Waals surface area contributed by atoms with Crippen LogP contribution in [0.15, 0.2) is 48.5 Å². The standard InChI is InChI=1S/C26H34ClN3O/c1-3-4-5-6-7-8-11-18-30-24-13-10-9-12-23(24)29-26(30)20(2)28-25(31)19-21-14-16-22(27)17-15-21/h9-10,12-17,20H,3-8,11,18-19H2,1-2H3,(H,28,31). The summed E-state index contributed by atoms with van der Waals surface area (Å²) in [4.78, 5) is 17.5. The molecule has 2 aromatic carbocycles. The van der Waals surface area contributed by atoms with Crippen molar-refractivity contribution in [1.82, 2.24) is 14.9 Å². The van der Waals surface area contributed by atoms with Crippen LogP contribution in [0.1, 0.15) is 76.2 Å². The van der Waals surface area contributed by atoms with Crippen LogP contribution in [-0.4, -0.2) is 15.5 Å². The molecule has 0 aliphatic rings. The van der Waals surface area contributed by atoms with E-state index in [1.54, 1.807) is 0 Å². The third-order valence-electron chi connectivity index (χ3n) is 5.71. The maximum Gasteiger partial charge on any atom is 0.224 e. The van der Waals surface area contributed by atoms with Crippen LogP contribution in [0, 0.1) is 0 Å². The molecule has 0 radical (unpaired) electrons. The molecule has 0 aliphatic carbocycles. The van der Waals surface area contributed by atoms with Gasteiger partial charge in [0.15, 0.2) is 0 Å². The van der Waals surface area contributed by atoms with Gasteiger partial charge in [0.05, 0.1) is 23.5 Å². The van der Waals surface area contributed by atoms with E-state index in [-0.39, 0.29) is 11.9 Å². The molecular formula is C26H34ClN3O. The first-order valence-electron chi connectivity index (χ1n) is 11.6. The molecule has 1 amide bonds. The monoisotopic (exact) mass is 439 g/mol. The SMILES string of the molecule is CCCCCCCCCn1c(C(C)NC(=O)Cc2ccc(Cl)cc2)nc2ccccc21. The van der Waals surface area contributed by atoms with Crippen LogP contribution in [0.2, 0.25) is 5.02 Å². The van der Waals surface area contributed by atoms with Gasteiger partial charge in [0.25, 0.3) is 0 Å². The Balaban J connectivity index is 1.63. The lowest BCUT2D eigenvalue weighted by Gasteiger charge is -2.16. The molecule has 0 bridgehead atoms. The summed E-state index contributed by atoms with van der Waals surface area (Å²) in [5, 5.41) is 3.81. The number of amides is 1. The number of imidazole rings is 1. The number of para-hydroxylation sites is 2. The number of benzene rings is 2. The summed E-state index contributed by atoms with van der Waals surface area (Å²) in [5.74, 6) is 0.918. The topological polar surface area (TPSA) is 46.9 Å². The highest BCUT2D eigenvalue weighted by molar-refractivity contribution is 6.30. The van der Waals surface area contributed by atoms with Crippen molar-refractivity contribution in [2.24, 2.45) is 0 Å². The van der Waals surface area contributed by atoms with Crippen molar-refractivity contribution >= 4 is 28.5 Å². The minimum atomic E-state index is -0.156. The van der Waals surface area contributed by atoms with Crippen LogP contribution in [0.5, 0.6) is 0 Å². The van der Waals surface area contributed by atoms with E-state index >= 15 is 0 Å². The summed E-state index contributed by atoms with van der Waals surface area (Å²) in [5.41, 5.74) is 3.08. The van der Waals surface area contributed by atoms with Gasteiger partial charge in [-0.15, -0.1) is 0 Å². The average molecular weight is 440 g/mol. The Labute approximate surface area is 191 Å².